The van der Waals surface area contributed by atoms with Crippen LogP contribution in [0, 0.1) is 5.82 Å². The number of Topliss-reactive ketones (excluding diaryl/α,β-unsaturated/α-hetero) is 1. The number of benzene rings is 2. The highest BCUT2D eigenvalue weighted by Gasteiger charge is 2.11. The summed E-state index contributed by atoms with van der Waals surface area (Å²) in [6, 6.07) is 15.2. The van der Waals surface area contributed by atoms with E-state index < -0.39 is 0 Å². The third-order valence-electron chi connectivity index (χ3n) is 4.06. The van der Waals surface area contributed by atoms with Crippen molar-refractivity contribution in [2.75, 3.05) is 0 Å². The van der Waals surface area contributed by atoms with Gasteiger partial charge in [0.25, 0.3) is 0 Å². The van der Waals surface area contributed by atoms with Gasteiger partial charge in [-0.1, -0.05) is 37.7 Å². The normalized spacial score (nSPS) is 10.9. The van der Waals surface area contributed by atoms with Crippen molar-refractivity contribution in [1.29, 1.82) is 0 Å². The molecule has 4 nitrogen and oxygen atoms in total. The standard InChI is InChI=1S/C22H21FN2O2S/c1-14(2)20-12-21(27-19-10-6-17(7-11-19)15(3)26)25-22(24-20)28-13-16-4-8-18(23)9-5-16/h4-12,14H,13H2,1-3H3. The molecule has 0 amide bonds. The highest BCUT2D eigenvalue weighted by molar-refractivity contribution is 7.98. The van der Waals surface area contributed by atoms with E-state index in [1.165, 1.54) is 30.8 Å². The zero-order valence-corrected chi connectivity index (χ0v) is 16.8. The molecule has 0 radical (unpaired) electrons. The number of thioether (sulfide) groups is 1. The average molecular weight is 396 g/mol. The van der Waals surface area contributed by atoms with Gasteiger partial charge in [0, 0.05) is 17.4 Å². The Labute approximate surface area is 168 Å². The number of carbonyl (C=O) groups is 1. The van der Waals surface area contributed by atoms with Gasteiger partial charge >= 0.3 is 0 Å². The van der Waals surface area contributed by atoms with Crippen LogP contribution in [0.25, 0.3) is 0 Å². The number of aromatic nitrogens is 2. The molecule has 3 rings (SSSR count). The van der Waals surface area contributed by atoms with E-state index in [1.807, 2.05) is 6.07 Å². The van der Waals surface area contributed by atoms with Gasteiger partial charge in [0.15, 0.2) is 10.9 Å². The first-order valence-corrected chi connectivity index (χ1v) is 9.94. The second-order valence-corrected chi connectivity index (χ2v) is 7.61. The van der Waals surface area contributed by atoms with Crippen LogP contribution in [0.1, 0.15) is 48.3 Å². The highest BCUT2D eigenvalue weighted by Crippen LogP contribution is 2.27. The zero-order valence-electron chi connectivity index (χ0n) is 16.0. The van der Waals surface area contributed by atoms with Gasteiger partial charge < -0.3 is 4.74 Å². The Bertz CT molecular complexity index is 957. The second kappa shape index (κ2) is 8.97. The van der Waals surface area contributed by atoms with Gasteiger partial charge in [-0.05, 0) is 54.8 Å². The minimum absolute atomic E-state index is 0.00941. The lowest BCUT2D eigenvalue weighted by Crippen LogP contribution is -2.00. The first-order valence-electron chi connectivity index (χ1n) is 8.96. The second-order valence-electron chi connectivity index (χ2n) is 6.67. The first kappa shape index (κ1) is 20.0. The summed E-state index contributed by atoms with van der Waals surface area (Å²) < 4.78 is 18.9. The Balaban J connectivity index is 1.78. The van der Waals surface area contributed by atoms with Gasteiger partial charge in [-0.15, -0.1) is 0 Å². The van der Waals surface area contributed by atoms with E-state index in [1.54, 1.807) is 36.4 Å². The van der Waals surface area contributed by atoms with Crippen LogP contribution in [0.2, 0.25) is 0 Å². The van der Waals surface area contributed by atoms with E-state index in [0.29, 0.717) is 28.1 Å². The van der Waals surface area contributed by atoms with E-state index in [9.17, 15) is 9.18 Å². The fraction of sp³-hybridized carbons (Fsp3) is 0.227. The fourth-order valence-electron chi connectivity index (χ4n) is 2.44. The SMILES string of the molecule is CC(=O)c1ccc(Oc2cc(C(C)C)nc(SCc3ccc(F)cc3)n2)cc1. The van der Waals surface area contributed by atoms with Gasteiger partial charge in [-0.25, -0.2) is 9.37 Å². The van der Waals surface area contributed by atoms with Crippen LogP contribution >= 0.6 is 11.8 Å². The lowest BCUT2D eigenvalue weighted by molar-refractivity contribution is 0.101. The number of carbonyl (C=O) groups excluding carboxylic acids is 1. The fourth-order valence-corrected chi connectivity index (χ4v) is 3.25. The van der Waals surface area contributed by atoms with Crippen molar-refractivity contribution in [1.82, 2.24) is 9.97 Å². The van der Waals surface area contributed by atoms with Crippen molar-refractivity contribution in [3.8, 4) is 11.6 Å². The Hall–Kier alpha value is -2.73. The molecule has 0 spiro atoms. The molecule has 1 heterocycles. The predicted molar refractivity (Wildman–Crippen MR) is 109 cm³/mol. The summed E-state index contributed by atoms with van der Waals surface area (Å²) in [4.78, 5) is 20.5. The Morgan fingerprint density at radius 1 is 1.07 bits per heavy atom. The van der Waals surface area contributed by atoms with Crippen LogP contribution < -0.4 is 4.74 Å². The predicted octanol–water partition coefficient (Wildman–Crippen LogP) is 6.03. The summed E-state index contributed by atoms with van der Waals surface area (Å²) >= 11 is 1.47. The van der Waals surface area contributed by atoms with Gasteiger partial charge in [0.2, 0.25) is 5.88 Å². The smallest absolute Gasteiger partial charge is 0.223 e. The third-order valence-corrected chi connectivity index (χ3v) is 4.98. The number of halogens is 1. The molecule has 0 aliphatic carbocycles. The Kier molecular flexibility index (Phi) is 6.41. The maximum atomic E-state index is 13.1. The van der Waals surface area contributed by atoms with Crippen LogP contribution in [-0.2, 0) is 5.75 Å². The van der Waals surface area contributed by atoms with Crippen molar-refractivity contribution in [3.05, 3.63) is 77.2 Å². The molecule has 0 aliphatic heterocycles. The summed E-state index contributed by atoms with van der Waals surface area (Å²) in [6.45, 7) is 5.64. The van der Waals surface area contributed by atoms with Crippen LogP contribution in [-0.4, -0.2) is 15.8 Å². The van der Waals surface area contributed by atoms with Gasteiger partial charge in [-0.3, -0.25) is 4.79 Å². The quantitative estimate of drug-likeness (QED) is 0.277. The lowest BCUT2D eigenvalue weighted by Gasteiger charge is -2.11. The number of hydrogen-bond acceptors (Lipinski definition) is 5. The molecule has 0 saturated carbocycles. The van der Waals surface area contributed by atoms with E-state index in [2.05, 4.69) is 23.8 Å². The maximum absolute atomic E-state index is 13.1. The molecule has 0 N–H and O–H groups in total. The van der Waals surface area contributed by atoms with Gasteiger partial charge in [0.1, 0.15) is 11.6 Å². The molecule has 0 bridgehead atoms. The number of nitrogens with zero attached hydrogens (tertiary/aromatic N) is 2. The molecule has 0 aliphatic rings. The summed E-state index contributed by atoms with van der Waals surface area (Å²) in [5, 5.41) is 0.603. The molecule has 0 unspecified atom stereocenters. The van der Waals surface area contributed by atoms with Crippen molar-refractivity contribution in [2.45, 2.75) is 37.6 Å². The summed E-state index contributed by atoms with van der Waals surface area (Å²) in [6.07, 6.45) is 0. The first-order chi connectivity index (χ1) is 13.4. The molecule has 1 aromatic heterocycles. The van der Waals surface area contributed by atoms with Crippen molar-refractivity contribution in [3.63, 3.8) is 0 Å². The van der Waals surface area contributed by atoms with Crippen LogP contribution in [0.15, 0.2) is 59.8 Å². The molecule has 2 aromatic carbocycles. The number of rotatable bonds is 7. The van der Waals surface area contributed by atoms with Gasteiger partial charge in [0.05, 0.1) is 5.69 Å². The van der Waals surface area contributed by atoms with E-state index in [4.69, 9.17) is 4.74 Å². The average Bonchev–Trinajstić information content (AvgIpc) is 2.68. The van der Waals surface area contributed by atoms with Crippen molar-refractivity contribution in [2.24, 2.45) is 0 Å². The van der Waals surface area contributed by atoms with E-state index in [0.717, 1.165) is 11.3 Å². The minimum Gasteiger partial charge on any atom is -0.439 e. The molecule has 144 valence electrons. The molecular weight excluding hydrogens is 375 g/mol. The minimum atomic E-state index is -0.252. The van der Waals surface area contributed by atoms with Crippen molar-refractivity contribution < 1.29 is 13.9 Å². The summed E-state index contributed by atoms with van der Waals surface area (Å²) in [5.41, 5.74) is 2.51. The van der Waals surface area contributed by atoms with E-state index in [-0.39, 0.29) is 17.5 Å². The zero-order chi connectivity index (χ0) is 20.1. The summed E-state index contributed by atoms with van der Waals surface area (Å²) in [5.74, 6) is 1.67. The molecule has 0 fully saturated rings. The maximum Gasteiger partial charge on any atom is 0.223 e. The molecule has 28 heavy (non-hydrogen) atoms. The van der Waals surface area contributed by atoms with E-state index >= 15 is 0 Å². The lowest BCUT2D eigenvalue weighted by atomic mass is 10.1. The van der Waals surface area contributed by atoms with Gasteiger partial charge in [-0.2, -0.15) is 4.98 Å². The van der Waals surface area contributed by atoms with Crippen LogP contribution in [0.3, 0.4) is 0 Å². The topological polar surface area (TPSA) is 52.1 Å². The Morgan fingerprint density at radius 3 is 2.36 bits per heavy atom. The Morgan fingerprint density at radius 2 is 1.75 bits per heavy atom. The molecule has 3 aromatic rings. The highest BCUT2D eigenvalue weighted by atomic mass is 32.2. The molecular formula is C22H21FN2O2S. The third kappa shape index (κ3) is 5.39. The molecule has 6 heteroatoms. The monoisotopic (exact) mass is 396 g/mol. The van der Waals surface area contributed by atoms with Crippen LogP contribution in [0.5, 0.6) is 11.6 Å². The summed E-state index contributed by atoms with van der Waals surface area (Å²) in [7, 11) is 0. The molecule has 0 saturated heterocycles. The largest absolute Gasteiger partial charge is 0.439 e. The van der Waals surface area contributed by atoms with Crippen LogP contribution in [0.4, 0.5) is 4.39 Å². The number of ketones is 1. The van der Waals surface area contributed by atoms with Crippen molar-refractivity contribution >= 4 is 17.5 Å². The number of hydrogen-bond donors (Lipinski definition) is 0. The molecule has 0 atom stereocenters. The number of ether oxygens (including phenoxy) is 1.